The van der Waals surface area contributed by atoms with Crippen LogP contribution >= 0.6 is 0 Å². The lowest BCUT2D eigenvalue weighted by Crippen LogP contribution is -1.96. The number of azide groups is 1. The van der Waals surface area contributed by atoms with Crippen molar-refractivity contribution >= 4 is 17.6 Å². The smallest absolute Gasteiger partial charge is 0.288 e. The Kier molecular flexibility index (Phi) is 4.46. The predicted octanol–water partition coefficient (Wildman–Crippen LogP) is 2.29. The molecule has 0 aromatic carbocycles. The molecule has 1 rings (SSSR count). The predicted molar refractivity (Wildman–Crippen MR) is 63.0 cm³/mol. The van der Waals surface area contributed by atoms with E-state index in [0.29, 0.717) is 18.5 Å². The van der Waals surface area contributed by atoms with E-state index < -0.39 is 4.92 Å². The summed E-state index contributed by atoms with van der Waals surface area (Å²) in [5.74, 6) is 0.218. The number of nitrogens with zero attached hydrogens (tertiary/aromatic N) is 5. The molecule has 0 bridgehead atoms. The molecule has 88 valence electrons. The van der Waals surface area contributed by atoms with Gasteiger partial charge in [0.15, 0.2) is 0 Å². The van der Waals surface area contributed by atoms with Crippen LogP contribution in [0.1, 0.15) is 12.0 Å². The van der Waals surface area contributed by atoms with Crippen LogP contribution in [0.25, 0.3) is 16.5 Å². The molecule has 0 unspecified atom stereocenters. The highest BCUT2D eigenvalue weighted by molar-refractivity contribution is 5.63. The van der Waals surface area contributed by atoms with E-state index in [1.165, 1.54) is 6.07 Å². The van der Waals surface area contributed by atoms with Gasteiger partial charge in [0.25, 0.3) is 5.69 Å². The van der Waals surface area contributed by atoms with Gasteiger partial charge in [-0.05, 0) is 12.0 Å². The third-order valence-electron chi connectivity index (χ3n) is 1.90. The molecular formula is C9H10N6O2. The Hall–Kier alpha value is -2.60. The third-order valence-corrected chi connectivity index (χ3v) is 1.90. The minimum atomic E-state index is -0.538. The molecule has 1 aromatic heterocycles. The van der Waals surface area contributed by atoms with Crippen molar-refractivity contribution < 1.29 is 4.92 Å². The van der Waals surface area contributed by atoms with Crippen molar-refractivity contribution in [3.8, 4) is 0 Å². The van der Waals surface area contributed by atoms with E-state index >= 15 is 0 Å². The molecule has 0 fully saturated rings. The van der Waals surface area contributed by atoms with Gasteiger partial charge in [0.1, 0.15) is 12.0 Å². The fourth-order valence-corrected chi connectivity index (χ4v) is 1.10. The van der Waals surface area contributed by atoms with Crippen molar-refractivity contribution in [2.24, 2.45) is 5.11 Å². The summed E-state index contributed by atoms with van der Waals surface area (Å²) in [4.78, 5) is 16.3. The molecular weight excluding hydrogens is 224 g/mol. The van der Waals surface area contributed by atoms with Crippen LogP contribution in [0.4, 0.5) is 11.5 Å². The summed E-state index contributed by atoms with van der Waals surface area (Å²) in [7, 11) is 0. The van der Waals surface area contributed by atoms with Crippen LogP contribution in [0, 0.1) is 10.1 Å². The molecule has 0 aliphatic heterocycles. The lowest BCUT2D eigenvalue weighted by molar-refractivity contribution is -0.385. The Morgan fingerprint density at radius 1 is 1.71 bits per heavy atom. The van der Waals surface area contributed by atoms with Crippen molar-refractivity contribution in [3.63, 3.8) is 0 Å². The Morgan fingerprint density at radius 3 is 3.12 bits per heavy atom. The summed E-state index contributed by atoms with van der Waals surface area (Å²) < 4.78 is 0. The number of nitro groups is 1. The number of nitrogen functional groups attached to an aromatic ring is 1. The maximum Gasteiger partial charge on any atom is 0.288 e. The monoisotopic (exact) mass is 234 g/mol. The van der Waals surface area contributed by atoms with Crippen LogP contribution in [-0.2, 0) is 0 Å². The third kappa shape index (κ3) is 3.80. The number of hydrogen-bond acceptors (Lipinski definition) is 5. The minimum Gasteiger partial charge on any atom is -0.383 e. The Bertz CT molecular complexity index is 492. The minimum absolute atomic E-state index is 0.117. The normalized spacial score (nSPS) is 10.1. The molecule has 0 saturated heterocycles. The van der Waals surface area contributed by atoms with Crippen LogP contribution < -0.4 is 5.73 Å². The van der Waals surface area contributed by atoms with E-state index in [0.717, 1.165) is 6.20 Å². The summed E-state index contributed by atoms with van der Waals surface area (Å²) >= 11 is 0. The zero-order valence-electron chi connectivity index (χ0n) is 8.85. The van der Waals surface area contributed by atoms with Crippen molar-refractivity contribution in [2.75, 3.05) is 12.3 Å². The second-order valence-corrected chi connectivity index (χ2v) is 3.07. The van der Waals surface area contributed by atoms with Crippen LogP contribution in [-0.4, -0.2) is 16.5 Å². The molecule has 0 aliphatic carbocycles. The molecule has 0 aliphatic rings. The first-order valence-corrected chi connectivity index (χ1v) is 4.72. The highest BCUT2D eigenvalue weighted by Crippen LogP contribution is 2.18. The summed E-state index contributed by atoms with van der Waals surface area (Å²) in [6.07, 6.45) is 4.97. The number of nitrogens with two attached hydrogens (primary N) is 1. The van der Waals surface area contributed by atoms with Crippen LogP contribution in [0.3, 0.4) is 0 Å². The van der Waals surface area contributed by atoms with Gasteiger partial charge in [-0.2, -0.15) is 0 Å². The molecule has 1 heterocycles. The fraction of sp³-hybridized carbons (Fsp3) is 0.222. The van der Waals surface area contributed by atoms with Gasteiger partial charge in [0.05, 0.1) is 4.92 Å². The van der Waals surface area contributed by atoms with Gasteiger partial charge < -0.3 is 5.73 Å². The number of hydrogen-bond donors (Lipinski definition) is 1. The molecule has 0 amide bonds. The van der Waals surface area contributed by atoms with Crippen molar-refractivity contribution in [1.29, 1.82) is 0 Å². The molecule has 0 atom stereocenters. The molecule has 0 radical (unpaired) electrons. The second-order valence-electron chi connectivity index (χ2n) is 3.07. The second kappa shape index (κ2) is 6.09. The van der Waals surface area contributed by atoms with Crippen molar-refractivity contribution in [3.05, 3.63) is 44.5 Å². The first-order valence-electron chi connectivity index (χ1n) is 4.72. The Labute approximate surface area is 96.5 Å². The molecule has 1 aromatic rings. The summed E-state index contributed by atoms with van der Waals surface area (Å²) in [5, 5.41) is 13.9. The number of pyridine rings is 1. The van der Waals surface area contributed by atoms with Gasteiger partial charge in [-0.25, -0.2) is 4.98 Å². The fourth-order valence-electron chi connectivity index (χ4n) is 1.10. The highest BCUT2D eigenvalue weighted by atomic mass is 16.6. The van der Waals surface area contributed by atoms with Crippen molar-refractivity contribution in [2.45, 2.75) is 6.42 Å². The topological polar surface area (TPSA) is 131 Å². The summed E-state index contributed by atoms with van der Waals surface area (Å²) in [6, 6.07) is 1.34. The molecule has 2 N–H and O–H groups in total. The van der Waals surface area contributed by atoms with E-state index in [4.69, 9.17) is 11.3 Å². The molecule has 0 saturated carbocycles. The first-order chi connectivity index (χ1) is 8.15. The molecule has 0 spiro atoms. The average molecular weight is 234 g/mol. The number of aromatic nitrogens is 1. The first kappa shape index (κ1) is 12.5. The zero-order valence-corrected chi connectivity index (χ0v) is 8.85. The van der Waals surface area contributed by atoms with Gasteiger partial charge in [-0.1, -0.05) is 17.3 Å². The maximum atomic E-state index is 10.5. The van der Waals surface area contributed by atoms with Crippen LogP contribution in [0.15, 0.2) is 23.5 Å². The van der Waals surface area contributed by atoms with Crippen molar-refractivity contribution in [1.82, 2.24) is 4.98 Å². The van der Waals surface area contributed by atoms with Gasteiger partial charge in [-0.15, -0.1) is 0 Å². The summed E-state index contributed by atoms with van der Waals surface area (Å²) in [6.45, 7) is 0.329. The van der Waals surface area contributed by atoms with Gasteiger partial charge in [0.2, 0.25) is 0 Å². The number of anilines is 1. The van der Waals surface area contributed by atoms with Gasteiger partial charge >= 0.3 is 0 Å². The maximum absolute atomic E-state index is 10.5. The Morgan fingerprint density at radius 2 is 2.47 bits per heavy atom. The Balaban J connectivity index is 2.78. The zero-order chi connectivity index (χ0) is 12.7. The average Bonchev–Trinajstić information content (AvgIpc) is 2.30. The quantitative estimate of drug-likeness (QED) is 0.209. The van der Waals surface area contributed by atoms with E-state index in [1.807, 2.05) is 0 Å². The lowest BCUT2D eigenvalue weighted by Gasteiger charge is -1.98. The van der Waals surface area contributed by atoms with Crippen LogP contribution in [0.5, 0.6) is 0 Å². The highest BCUT2D eigenvalue weighted by Gasteiger charge is 2.08. The lowest BCUT2D eigenvalue weighted by atomic mass is 10.2. The van der Waals surface area contributed by atoms with E-state index in [-0.39, 0.29) is 11.5 Å². The molecule has 8 heteroatoms. The summed E-state index contributed by atoms with van der Waals surface area (Å²) in [5.41, 5.74) is 14.0. The van der Waals surface area contributed by atoms with Gasteiger partial charge in [-0.3, -0.25) is 10.1 Å². The van der Waals surface area contributed by atoms with E-state index in [9.17, 15) is 10.1 Å². The molecule has 17 heavy (non-hydrogen) atoms. The SMILES string of the molecule is [N-]=[N+]=NCCC=Cc1cc([N+](=O)[O-])cnc1N. The number of rotatable bonds is 5. The van der Waals surface area contributed by atoms with E-state index in [2.05, 4.69) is 15.0 Å². The largest absolute Gasteiger partial charge is 0.383 e. The van der Waals surface area contributed by atoms with Gasteiger partial charge in [0, 0.05) is 23.1 Å². The van der Waals surface area contributed by atoms with Crippen LogP contribution in [0.2, 0.25) is 0 Å². The molecule has 8 nitrogen and oxygen atoms in total. The standard InChI is InChI=1S/C9H10N6O2/c10-9-7(3-1-2-4-13-14-11)5-8(6-12-9)15(16)17/h1,3,5-6H,2,4H2,(H2,10,12). The van der Waals surface area contributed by atoms with E-state index in [1.54, 1.807) is 12.2 Å².